The maximum atomic E-state index is 12.2. The highest BCUT2D eigenvalue weighted by Gasteiger charge is 2.31. The molecule has 1 aliphatic heterocycles. The maximum Gasteiger partial charge on any atom is 0.228 e. The molecule has 1 heterocycles. The molecule has 1 saturated heterocycles. The molecule has 0 bridgehead atoms. The Morgan fingerprint density at radius 1 is 1.25 bits per heavy atom. The predicted octanol–water partition coefficient (Wildman–Crippen LogP) is 0.526. The molecule has 1 amide bonds. The van der Waals surface area contributed by atoms with Crippen LogP contribution in [-0.4, -0.2) is 55.0 Å². The fourth-order valence-electron chi connectivity index (χ4n) is 1.94. The van der Waals surface area contributed by atoms with Crippen LogP contribution in [0.3, 0.4) is 0 Å². The first-order chi connectivity index (χ1) is 7.51. The molecule has 0 aromatic carbocycles. The van der Waals surface area contributed by atoms with E-state index in [2.05, 4.69) is 11.8 Å². The summed E-state index contributed by atoms with van der Waals surface area (Å²) in [6.07, 6.45) is 0.898. The largest absolute Gasteiger partial charge is 0.340 e. The Bertz CT molecular complexity index is 232. The van der Waals surface area contributed by atoms with Crippen LogP contribution in [0.2, 0.25) is 0 Å². The number of carbonyl (C=O) groups is 1. The average Bonchev–Trinajstić information content (AvgIpc) is 2.29. The van der Waals surface area contributed by atoms with Crippen LogP contribution < -0.4 is 5.73 Å². The van der Waals surface area contributed by atoms with E-state index in [0.717, 1.165) is 39.1 Å². The Kier molecular flexibility index (Phi) is 4.74. The van der Waals surface area contributed by atoms with Crippen LogP contribution in [-0.2, 0) is 4.79 Å². The molecule has 1 aliphatic rings. The predicted molar refractivity (Wildman–Crippen MR) is 66.1 cm³/mol. The summed E-state index contributed by atoms with van der Waals surface area (Å²) in [7, 11) is 0. The van der Waals surface area contributed by atoms with E-state index in [-0.39, 0.29) is 5.41 Å². The van der Waals surface area contributed by atoms with Gasteiger partial charge >= 0.3 is 0 Å². The van der Waals surface area contributed by atoms with Gasteiger partial charge in [0.1, 0.15) is 0 Å². The number of hydrogen-bond acceptors (Lipinski definition) is 3. The summed E-state index contributed by atoms with van der Waals surface area (Å²) in [6, 6.07) is 0. The average molecular weight is 227 g/mol. The van der Waals surface area contributed by atoms with E-state index in [1.165, 1.54) is 0 Å². The number of nitrogens with two attached hydrogens (primary N) is 1. The number of hydrogen-bond donors (Lipinski definition) is 1. The van der Waals surface area contributed by atoms with Gasteiger partial charge in [0, 0.05) is 44.7 Å². The topological polar surface area (TPSA) is 49.6 Å². The summed E-state index contributed by atoms with van der Waals surface area (Å²) in [6.45, 7) is 11.4. The molecule has 94 valence electrons. The van der Waals surface area contributed by atoms with E-state index in [0.29, 0.717) is 12.5 Å². The Morgan fingerprint density at radius 2 is 1.81 bits per heavy atom. The molecule has 4 heteroatoms. The molecule has 1 rings (SSSR count). The van der Waals surface area contributed by atoms with Crippen LogP contribution in [0.4, 0.5) is 0 Å². The summed E-state index contributed by atoms with van der Waals surface area (Å²) in [4.78, 5) is 16.5. The fraction of sp³-hybridized carbons (Fsp3) is 0.917. The van der Waals surface area contributed by atoms with Crippen molar-refractivity contribution in [2.75, 3.05) is 39.3 Å². The zero-order valence-electron chi connectivity index (χ0n) is 10.8. The molecular weight excluding hydrogens is 202 g/mol. The first-order valence-corrected chi connectivity index (χ1v) is 6.23. The van der Waals surface area contributed by atoms with E-state index in [4.69, 9.17) is 5.73 Å². The summed E-state index contributed by atoms with van der Waals surface area (Å²) >= 11 is 0. The number of piperazine rings is 1. The maximum absolute atomic E-state index is 12.2. The lowest BCUT2D eigenvalue weighted by Crippen LogP contribution is -2.52. The van der Waals surface area contributed by atoms with Gasteiger partial charge in [0.2, 0.25) is 5.91 Å². The zero-order valence-corrected chi connectivity index (χ0v) is 10.8. The molecule has 0 aromatic rings. The van der Waals surface area contributed by atoms with Crippen molar-refractivity contribution in [1.29, 1.82) is 0 Å². The molecule has 0 radical (unpaired) electrons. The number of rotatable bonds is 4. The van der Waals surface area contributed by atoms with Crippen LogP contribution in [0.5, 0.6) is 0 Å². The molecule has 0 spiro atoms. The fourth-order valence-corrected chi connectivity index (χ4v) is 1.94. The lowest BCUT2D eigenvalue weighted by molar-refractivity contribution is -0.142. The highest BCUT2D eigenvalue weighted by atomic mass is 16.2. The van der Waals surface area contributed by atoms with Crippen molar-refractivity contribution >= 4 is 5.91 Å². The van der Waals surface area contributed by atoms with Crippen molar-refractivity contribution in [2.24, 2.45) is 11.1 Å². The molecule has 2 N–H and O–H groups in total. The summed E-state index contributed by atoms with van der Waals surface area (Å²) in [5.74, 6) is 0.294. The second kappa shape index (κ2) is 5.64. The molecule has 0 aliphatic carbocycles. The summed E-state index contributed by atoms with van der Waals surface area (Å²) < 4.78 is 0. The second-order valence-corrected chi connectivity index (χ2v) is 5.16. The first-order valence-electron chi connectivity index (χ1n) is 6.23. The molecular formula is C12H25N3O. The highest BCUT2D eigenvalue weighted by Crippen LogP contribution is 2.23. The molecule has 4 nitrogen and oxygen atoms in total. The molecule has 0 atom stereocenters. The van der Waals surface area contributed by atoms with Gasteiger partial charge in [0.25, 0.3) is 0 Å². The van der Waals surface area contributed by atoms with Gasteiger partial charge in [-0.2, -0.15) is 0 Å². The number of carbonyl (C=O) groups excluding carboxylic acids is 1. The van der Waals surface area contributed by atoms with E-state index in [9.17, 15) is 4.79 Å². The Balaban J connectivity index is 2.45. The molecule has 16 heavy (non-hydrogen) atoms. The molecule has 0 aromatic heterocycles. The normalized spacial score (nSPS) is 18.9. The van der Waals surface area contributed by atoms with Gasteiger partial charge in [0.05, 0.1) is 0 Å². The number of nitrogens with zero attached hydrogens (tertiary/aromatic N) is 2. The van der Waals surface area contributed by atoms with Crippen LogP contribution in [0, 0.1) is 5.41 Å². The van der Waals surface area contributed by atoms with Crippen LogP contribution in [0.15, 0.2) is 0 Å². The third-order valence-corrected chi connectivity index (χ3v) is 3.57. The summed E-state index contributed by atoms with van der Waals surface area (Å²) in [5, 5.41) is 0. The van der Waals surface area contributed by atoms with Crippen molar-refractivity contribution in [3.8, 4) is 0 Å². The SMILES string of the molecule is CCC(C)(C)C(=O)N1CCN(CCN)CC1. The van der Waals surface area contributed by atoms with Gasteiger partial charge in [-0.05, 0) is 6.42 Å². The standard InChI is InChI=1S/C12H25N3O/c1-4-12(2,3)11(16)15-9-7-14(6-5-13)8-10-15/h4-10,13H2,1-3H3. The van der Waals surface area contributed by atoms with Crippen molar-refractivity contribution in [2.45, 2.75) is 27.2 Å². The van der Waals surface area contributed by atoms with Gasteiger partial charge in [-0.15, -0.1) is 0 Å². The van der Waals surface area contributed by atoms with E-state index < -0.39 is 0 Å². The van der Waals surface area contributed by atoms with Gasteiger partial charge in [-0.25, -0.2) is 0 Å². The Hall–Kier alpha value is -0.610. The lowest BCUT2D eigenvalue weighted by atomic mass is 9.88. The van der Waals surface area contributed by atoms with E-state index in [1.807, 2.05) is 18.7 Å². The van der Waals surface area contributed by atoms with E-state index in [1.54, 1.807) is 0 Å². The van der Waals surface area contributed by atoms with Crippen LogP contribution in [0.25, 0.3) is 0 Å². The monoisotopic (exact) mass is 227 g/mol. The Labute approximate surface area is 98.8 Å². The minimum absolute atomic E-state index is 0.212. The second-order valence-electron chi connectivity index (χ2n) is 5.16. The zero-order chi connectivity index (χ0) is 12.2. The third-order valence-electron chi connectivity index (χ3n) is 3.57. The van der Waals surface area contributed by atoms with Gasteiger partial charge in [-0.3, -0.25) is 9.69 Å². The third kappa shape index (κ3) is 3.19. The van der Waals surface area contributed by atoms with Gasteiger partial charge in [0.15, 0.2) is 0 Å². The quantitative estimate of drug-likeness (QED) is 0.762. The van der Waals surface area contributed by atoms with E-state index >= 15 is 0 Å². The minimum Gasteiger partial charge on any atom is -0.340 e. The van der Waals surface area contributed by atoms with Crippen molar-refractivity contribution in [3.05, 3.63) is 0 Å². The van der Waals surface area contributed by atoms with Gasteiger partial charge in [-0.1, -0.05) is 20.8 Å². The van der Waals surface area contributed by atoms with Crippen LogP contribution in [0.1, 0.15) is 27.2 Å². The first kappa shape index (κ1) is 13.5. The Morgan fingerprint density at radius 3 is 2.25 bits per heavy atom. The molecule has 0 unspecified atom stereocenters. The summed E-state index contributed by atoms with van der Waals surface area (Å²) in [5.41, 5.74) is 5.31. The molecule has 0 saturated carbocycles. The lowest BCUT2D eigenvalue weighted by Gasteiger charge is -2.38. The smallest absolute Gasteiger partial charge is 0.228 e. The molecule has 1 fully saturated rings. The van der Waals surface area contributed by atoms with Crippen LogP contribution >= 0.6 is 0 Å². The van der Waals surface area contributed by atoms with Gasteiger partial charge < -0.3 is 10.6 Å². The van der Waals surface area contributed by atoms with Crippen molar-refractivity contribution in [3.63, 3.8) is 0 Å². The minimum atomic E-state index is -0.212. The van der Waals surface area contributed by atoms with Crippen molar-refractivity contribution < 1.29 is 4.79 Å². The number of amides is 1. The highest BCUT2D eigenvalue weighted by molar-refractivity contribution is 5.82. The van der Waals surface area contributed by atoms with Crippen molar-refractivity contribution in [1.82, 2.24) is 9.80 Å².